The molecule has 0 heterocycles. The molecular weight excluding hydrogens is 356 g/mol. The van der Waals surface area contributed by atoms with Crippen molar-refractivity contribution < 1.29 is 54.6 Å². The monoisotopic (exact) mass is 370 g/mol. The molecule has 0 aromatic heterocycles. The van der Waals surface area contributed by atoms with Crippen LogP contribution in [0.15, 0.2) is 0 Å². The van der Waals surface area contributed by atoms with Gasteiger partial charge in [0.2, 0.25) is 0 Å². The van der Waals surface area contributed by atoms with Crippen LogP contribution in [0.3, 0.4) is 0 Å². The first-order chi connectivity index (χ1) is 7.76. The maximum atomic E-state index is 9.56. The Labute approximate surface area is 120 Å². The first-order valence-corrected chi connectivity index (χ1v) is 6.96. The third-order valence-corrected chi connectivity index (χ3v) is 1.09. The second-order valence-electron chi connectivity index (χ2n) is 1.61. The normalized spacial score (nSPS) is 8.63. The molecule has 0 rings (SSSR count). The molecule has 0 bridgehead atoms. The van der Waals surface area contributed by atoms with Crippen LogP contribution in [0, 0.1) is 0 Å². The van der Waals surface area contributed by atoms with Gasteiger partial charge in [0.05, 0.1) is 5.75 Å². The van der Waals surface area contributed by atoms with E-state index in [0.29, 0.717) is 0 Å². The Hall–Kier alpha value is -0.330. The molecule has 0 spiro atoms. The van der Waals surface area contributed by atoms with Crippen LogP contribution in [-0.4, -0.2) is 61.7 Å². The Morgan fingerprint density at radius 2 is 1.05 bits per heavy atom. The summed E-state index contributed by atoms with van der Waals surface area (Å²) in [7, 11) is -3.66. The van der Waals surface area contributed by atoms with Crippen LogP contribution in [-0.2, 0) is 32.8 Å². The van der Waals surface area contributed by atoms with E-state index in [1.54, 1.807) is 0 Å². The van der Waals surface area contributed by atoms with Crippen molar-refractivity contribution >= 4 is 52.5 Å². The third kappa shape index (κ3) is 609. The van der Waals surface area contributed by atoms with Crippen LogP contribution in [0.1, 0.15) is 6.92 Å². The predicted molar refractivity (Wildman–Crippen MR) is 69.9 cm³/mol. The smallest absolute Gasteiger partial charge is 0.450 e. The van der Waals surface area contributed by atoms with Crippen molar-refractivity contribution in [2.45, 2.75) is 6.92 Å². The Balaban J connectivity index is -0.0000000459. The molecule has 0 aromatic carbocycles. The fourth-order valence-corrected chi connectivity index (χ4v) is 0. The van der Waals surface area contributed by atoms with E-state index >= 15 is 0 Å². The molecule has 0 aromatic rings. The van der Waals surface area contributed by atoms with Gasteiger partial charge in [0.1, 0.15) is 0 Å². The molecule has 0 amide bonds. The second-order valence-corrected chi connectivity index (χ2v) is 4.28. The van der Waals surface area contributed by atoms with Crippen LogP contribution in [0.25, 0.3) is 0 Å². The zero-order valence-electron chi connectivity index (χ0n) is 9.10. The topological polar surface area (TPSA) is 227 Å². The molecule has 0 aliphatic rings. The van der Waals surface area contributed by atoms with Crippen LogP contribution in [0.5, 0.6) is 0 Å². The zero-order valence-corrected chi connectivity index (χ0v) is 12.6. The van der Waals surface area contributed by atoms with E-state index in [1.165, 1.54) is 6.92 Å². The molecular formula is C3H14O12S4. The quantitative estimate of drug-likeness (QED) is 0.231. The van der Waals surface area contributed by atoms with Crippen LogP contribution >= 0.6 is 13.5 Å². The number of hydrogen-bond acceptors (Lipinski definition) is 5. The van der Waals surface area contributed by atoms with E-state index in [-0.39, 0.29) is 19.2 Å². The summed E-state index contributed by atoms with van der Waals surface area (Å²) in [5.74, 6) is -0.201. The van der Waals surface area contributed by atoms with Gasteiger partial charge in [-0.3, -0.25) is 22.8 Å². The number of rotatable bonds is 1. The van der Waals surface area contributed by atoms with E-state index in [2.05, 4.69) is 0 Å². The largest absolute Gasteiger partial charge is 0.503 e. The lowest BCUT2D eigenvalue weighted by atomic mass is 11.0. The maximum absolute atomic E-state index is 9.56. The Bertz CT molecular complexity index is 292. The first kappa shape index (κ1) is 31.2. The molecule has 0 saturated heterocycles. The summed E-state index contributed by atoms with van der Waals surface area (Å²) in [6.07, 6.45) is -1.83. The molecule has 0 aliphatic carbocycles. The lowest BCUT2D eigenvalue weighted by molar-refractivity contribution is 0.137. The van der Waals surface area contributed by atoms with Gasteiger partial charge in [-0.25, -0.2) is 4.79 Å². The van der Waals surface area contributed by atoms with Crippen molar-refractivity contribution in [3.63, 3.8) is 0 Å². The molecule has 0 atom stereocenters. The Morgan fingerprint density at radius 3 is 1.05 bits per heavy atom. The van der Waals surface area contributed by atoms with E-state index in [0.717, 1.165) is 0 Å². The van der Waals surface area contributed by atoms with E-state index in [4.69, 9.17) is 46.2 Å². The molecule has 12 nitrogen and oxygen atoms in total. The minimum atomic E-state index is -3.66. The highest BCUT2D eigenvalue weighted by Crippen LogP contribution is 1.74. The van der Waals surface area contributed by atoms with Crippen molar-refractivity contribution in [1.82, 2.24) is 0 Å². The first-order valence-electron chi connectivity index (χ1n) is 3.23. The van der Waals surface area contributed by atoms with Crippen LogP contribution in [0.4, 0.5) is 4.79 Å². The summed E-state index contributed by atoms with van der Waals surface area (Å²) in [5, 5.41) is 13.9. The number of carbonyl (C=O) groups is 1. The highest BCUT2D eigenvalue weighted by molar-refractivity contribution is 7.85. The van der Waals surface area contributed by atoms with Gasteiger partial charge < -0.3 is 10.2 Å². The minimum Gasteiger partial charge on any atom is -0.450 e. The van der Waals surface area contributed by atoms with Gasteiger partial charge in [-0.05, 0) is 6.92 Å². The fourth-order valence-electron chi connectivity index (χ4n) is 0. The highest BCUT2D eigenvalue weighted by atomic mass is 32.2. The summed E-state index contributed by atoms with van der Waals surface area (Å²) in [6.45, 7) is 1.37. The van der Waals surface area contributed by atoms with Gasteiger partial charge in [0.15, 0.2) is 0 Å². The van der Waals surface area contributed by atoms with Crippen molar-refractivity contribution in [2.24, 2.45) is 0 Å². The summed E-state index contributed by atoms with van der Waals surface area (Å²) >= 11 is -5.22. The summed E-state index contributed by atoms with van der Waals surface area (Å²) in [6, 6.07) is 0. The van der Waals surface area contributed by atoms with Gasteiger partial charge in [-0.2, -0.15) is 30.3 Å². The Kier molecular flexibility index (Phi) is 32.8. The molecule has 0 aliphatic heterocycles. The molecule has 122 valence electrons. The molecule has 16 heteroatoms. The van der Waals surface area contributed by atoms with Gasteiger partial charge in [0.25, 0.3) is 32.8 Å². The lowest BCUT2D eigenvalue weighted by Gasteiger charge is -1.79. The van der Waals surface area contributed by atoms with Gasteiger partial charge >= 0.3 is 6.16 Å². The molecule has 0 unspecified atom stereocenters. The van der Waals surface area contributed by atoms with E-state index in [1.807, 2.05) is 0 Å². The SMILES string of the molecule is CCS(=O)(=O)O.O=C(O)O.O=S(O)O.O=S(O)O.S. The maximum Gasteiger partial charge on any atom is 0.503 e. The average molecular weight is 370 g/mol. The minimum absolute atomic E-state index is 0. The Morgan fingerprint density at radius 1 is 1.00 bits per heavy atom. The summed E-state index contributed by atoms with van der Waals surface area (Å²) in [4.78, 5) is 8.56. The van der Waals surface area contributed by atoms with Gasteiger partial charge in [0, 0.05) is 0 Å². The molecule has 19 heavy (non-hydrogen) atoms. The second kappa shape index (κ2) is 20.0. The molecule has 0 saturated carbocycles. The van der Waals surface area contributed by atoms with Crippen molar-refractivity contribution in [2.75, 3.05) is 5.75 Å². The average Bonchev–Trinajstić information content (AvgIpc) is 1.99. The van der Waals surface area contributed by atoms with E-state index < -0.39 is 39.0 Å². The van der Waals surface area contributed by atoms with Gasteiger partial charge in [-0.1, -0.05) is 0 Å². The highest BCUT2D eigenvalue weighted by Gasteiger charge is 1.93. The molecule has 7 N–H and O–H groups in total. The van der Waals surface area contributed by atoms with Gasteiger partial charge in [-0.15, -0.1) is 0 Å². The molecule has 0 radical (unpaired) electrons. The van der Waals surface area contributed by atoms with E-state index in [9.17, 15) is 8.42 Å². The van der Waals surface area contributed by atoms with Crippen LogP contribution in [0.2, 0.25) is 0 Å². The standard InChI is InChI=1S/C2H6O3S.CH2O3.2H2O3S.H2S/c1-2-6(3,4)5;2-1(3)4;2*1-4(2)3;/h2H2,1H3,(H,3,4,5);(H2,2,3,4);2*(H2,1,2,3);1H2. The number of carboxylic acid groups (broad SMARTS) is 2. The third-order valence-electron chi connectivity index (χ3n) is 0.365. The number of hydrogen-bond donors (Lipinski definition) is 7. The summed E-state index contributed by atoms with van der Waals surface area (Å²) in [5.41, 5.74) is 0. The van der Waals surface area contributed by atoms with Crippen molar-refractivity contribution in [1.29, 1.82) is 0 Å². The van der Waals surface area contributed by atoms with Crippen LogP contribution < -0.4 is 0 Å². The summed E-state index contributed by atoms with van der Waals surface area (Å²) < 4.78 is 72.6. The lowest BCUT2D eigenvalue weighted by Crippen LogP contribution is -1.97. The van der Waals surface area contributed by atoms with Crippen molar-refractivity contribution in [3.8, 4) is 0 Å². The fraction of sp³-hybridized carbons (Fsp3) is 0.667. The molecule has 0 fully saturated rings. The zero-order chi connectivity index (χ0) is 15.9. The van der Waals surface area contributed by atoms with Crippen molar-refractivity contribution in [3.05, 3.63) is 0 Å². The predicted octanol–water partition coefficient (Wildman–Crippen LogP) is -0.408.